The predicted octanol–water partition coefficient (Wildman–Crippen LogP) is -11.1. The highest BCUT2D eigenvalue weighted by atomic mass is 16.2. The maximum absolute atomic E-state index is 9.45. The second kappa shape index (κ2) is 590. The first-order valence-electron chi connectivity index (χ1n) is 3.65. The molecule has 24 nitrogen and oxygen atoms in total. The first kappa shape index (κ1) is 300. The second-order valence-corrected chi connectivity index (χ2v) is 1.39. The number of nitrogens with two attached hydrogens (primary N) is 5. The summed E-state index contributed by atoms with van der Waals surface area (Å²) in [5.41, 5.74) is 23.4. The van der Waals surface area contributed by atoms with Gasteiger partial charge in [0, 0.05) is 0 Å². The molecule has 0 saturated carbocycles. The molecule has 5 amide bonds. The summed E-state index contributed by atoms with van der Waals surface area (Å²) in [6, 6.07) is 0. The van der Waals surface area contributed by atoms with Crippen molar-refractivity contribution in [2.24, 2.45) is 28.7 Å². The lowest BCUT2D eigenvalue weighted by Gasteiger charge is -1.75. The van der Waals surface area contributed by atoms with E-state index < -0.39 is 11.8 Å². The Labute approximate surface area is 197 Å². The Hall–Kier alpha value is -3.69. The standard InChI is InChI=1S/C3H4.C2H4N2O2.3CH3NO.2CH4.3H3N.11H2O/c1-3-2;3-1(5)2(4)6;3*2-1-3;;;;;;;;;;;;;;;;/h1-2H2;(H2,3,5)(H2,4,6);3*1H,(H2,2,3);2*1H4;3*1H3;11*1H2. The SMILES string of the molecule is C.C.C=C=C.N.N.N.NC(=O)C(N)=O.NC=O.NC=O.NC=O.O.O.O.O.O.O.O.O.O.O.O. The van der Waals surface area contributed by atoms with Crippen LogP contribution in [0, 0.1) is 0 Å². The molecule has 0 aliphatic heterocycles. The molecule has 0 fully saturated rings. The fourth-order valence-electron chi connectivity index (χ4n) is 0. The van der Waals surface area contributed by atoms with Gasteiger partial charge in [-0.15, -0.1) is 5.73 Å². The van der Waals surface area contributed by atoms with Crippen molar-refractivity contribution >= 4 is 31.0 Å². The van der Waals surface area contributed by atoms with E-state index in [0.717, 1.165) is 0 Å². The highest BCUT2D eigenvalue weighted by Crippen LogP contribution is 1.44. The molecule has 0 bridgehead atoms. The Kier molecular flexibility index (Phi) is 5210. The van der Waals surface area contributed by atoms with Crippen molar-refractivity contribution < 1.29 is 84.2 Å². The fourth-order valence-corrected chi connectivity index (χ4v) is 0. The molecule has 0 aromatic rings. The van der Waals surface area contributed by atoms with Gasteiger partial charge < -0.3 is 107 Å². The monoisotopic (exact) mass is 544 g/mol. The average Bonchev–Trinajstić information content (AvgIpc) is 2.22. The van der Waals surface area contributed by atoms with Crippen LogP contribution in [0.4, 0.5) is 0 Å². The minimum absolute atomic E-state index is 0. The zero-order valence-corrected chi connectivity index (χ0v) is 17.2. The van der Waals surface area contributed by atoms with Crippen molar-refractivity contribution in [3.05, 3.63) is 18.9 Å². The Morgan fingerprint density at radius 3 is 0.529 bits per heavy atom. The molecule has 0 aliphatic carbocycles. The summed E-state index contributed by atoms with van der Waals surface area (Å²) in [5.74, 6) is -2.20. The van der Waals surface area contributed by atoms with Gasteiger partial charge in [0.2, 0.25) is 19.2 Å². The van der Waals surface area contributed by atoms with Gasteiger partial charge in [-0.2, -0.15) is 0 Å². The van der Waals surface area contributed by atoms with Crippen LogP contribution in [0.15, 0.2) is 18.9 Å². The fraction of sp³-hybridized carbons (Fsp3) is 0.200. The van der Waals surface area contributed by atoms with Crippen LogP contribution >= 0.6 is 0 Å². The van der Waals surface area contributed by atoms with Crippen molar-refractivity contribution in [2.45, 2.75) is 14.9 Å². The Balaban J connectivity index is -0.00000000299. The Bertz CT molecular complexity index is 258. The normalized spacial score (nSPS) is 2.59. The van der Waals surface area contributed by atoms with E-state index in [-0.39, 0.29) is 113 Å². The molecule has 0 spiro atoms. The number of carbonyl (C=O) groups is 5. The van der Waals surface area contributed by atoms with E-state index in [9.17, 15) is 9.59 Å². The predicted molar refractivity (Wildman–Crippen MR) is 132 cm³/mol. The summed E-state index contributed by atoms with van der Waals surface area (Å²) in [6.45, 7) is 6.25. The zero-order chi connectivity index (χ0) is 16.0. The summed E-state index contributed by atoms with van der Waals surface area (Å²) in [5, 5.41) is 0. The lowest BCUT2D eigenvalue weighted by Crippen LogP contribution is -2.29. The molecule has 0 saturated heterocycles. The van der Waals surface area contributed by atoms with Gasteiger partial charge in [-0.1, -0.05) is 28.0 Å². The van der Waals surface area contributed by atoms with Crippen LogP contribution in [-0.2, 0) is 24.0 Å². The molecule has 0 unspecified atom stereocenters. The maximum Gasteiger partial charge on any atom is 0.306 e. The second-order valence-electron chi connectivity index (χ2n) is 1.39. The van der Waals surface area contributed by atoms with Crippen molar-refractivity contribution in [2.75, 3.05) is 0 Å². The van der Waals surface area contributed by atoms with Gasteiger partial charge in [0.1, 0.15) is 0 Å². The molecule has 24 heteroatoms. The van der Waals surface area contributed by atoms with Gasteiger partial charge in [-0.05, 0) is 0 Å². The molecule has 0 aromatic carbocycles. The first-order chi connectivity index (χ1) is 8.30. The van der Waals surface area contributed by atoms with E-state index in [1.165, 1.54) is 0 Å². The molecular formula is C10H56N8O16. The van der Waals surface area contributed by atoms with Crippen LogP contribution < -0.4 is 47.1 Å². The smallest absolute Gasteiger partial charge is 0.306 e. The zero-order valence-electron chi connectivity index (χ0n) is 17.2. The molecule has 0 aliphatic rings. The highest BCUT2D eigenvalue weighted by Gasteiger charge is 1.96. The van der Waals surface area contributed by atoms with E-state index in [0.29, 0.717) is 0 Å². The molecule has 0 heterocycles. The van der Waals surface area contributed by atoms with Crippen LogP contribution in [0.2, 0.25) is 0 Å². The molecule has 232 valence electrons. The third-order valence-corrected chi connectivity index (χ3v) is 0.243. The molecule has 0 atom stereocenters. The van der Waals surface area contributed by atoms with Gasteiger partial charge in [-0.25, -0.2) is 0 Å². The Morgan fingerprint density at radius 2 is 0.529 bits per heavy atom. The quantitative estimate of drug-likeness (QED) is 0.0819. The van der Waals surface area contributed by atoms with Crippen LogP contribution in [0.3, 0.4) is 0 Å². The summed E-state index contributed by atoms with van der Waals surface area (Å²) in [4.78, 5) is 44.6. The van der Waals surface area contributed by atoms with Gasteiger partial charge >= 0.3 is 11.8 Å². The summed E-state index contributed by atoms with van der Waals surface area (Å²) in [7, 11) is 0. The molecular weight excluding hydrogens is 488 g/mol. The largest absolute Gasteiger partial charge is 0.412 e. The Morgan fingerprint density at radius 1 is 0.500 bits per heavy atom. The molecule has 34 heavy (non-hydrogen) atoms. The van der Waals surface area contributed by atoms with E-state index in [1.807, 2.05) is 0 Å². The van der Waals surface area contributed by atoms with Crippen molar-refractivity contribution in [1.82, 2.24) is 18.5 Å². The minimum Gasteiger partial charge on any atom is -0.412 e. The lowest BCUT2D eigenvalue weighted by atomic mass is 10.6. The van der Waals surface area contributed by atoms with E-state index in [4.69, 9.17) is 14.4 Å². The highest BCUT2D eigenvalue weighted by molar-refractivity contribution is 6.33. The number of primary amides is 5. The van der Waals surface area contributed by atoms with Crippen LogP contribution in [0.1, 0.15) is 14.9 Å². The first-order valence-corrected chi connectivity index (χ1v) is 3.65. The summed E-state index contributed by atoms with van der Waals surface area (Å²) in [6.07, 6.45) is 0.750. The molecule has 0 rings (SSSR count). The van der Waals surface area contributed by atoms with Gasteiger partial charge in [0.05, 0.1) is 0 Å². The van der Waals surface area contributed by atoms with Gasteiger partial charge in [-0.3, -0.25) is 24.0 Å². The van der Waals surface area contributed by atoms with E-state index >= 15 is 0 Å². The third-order valence-electron chi connectivity index (χ3n) is 0.243. The van der Waals surface area contributed by atoms with Crippen molar-refractivity contribution in [1.29, 1.82) is 0 Å². The van der Waals surface area contributed by atoms with Crippen LogP contribution in [0.25, 0.3) is 0 Å². The molecule has 0 radical (unpaired) electrons. The summed E-state index contributed by atoms with van der Waals surface area (Å²) < 4.78 is 0. The summed E-state index contributed by atoms with van der Waals surface area (Å²) >= 11 is 0. The van der Waals surface area contributed by atoms with Crippen LogP contribution in [-0.4, -0.2) is 91.3 Å². The van der Waals surface area contributed by atoms with E-state index in [2.05, 4.69) is 47.6 Å². The minimum atomic E-state index is -1.10. The number of carbonyl (C=O) groups excluding carboxylic acids is 5. The number of rotatable bonds is 0. The topological polar surface area (TPSA) is 667 Å². The number of hydrogen-bond acceptors (Lipinski definition) is 8. The van der Waals surface area contributed by atoms with Gasteiger partial charge in [0.15, 0.2) is 0 Å². The van der Waals surface area contributed by atoms with Crippen molar-refractivity contribution in [3.63, 3.8) is 0 Å². The average molecular weight is 545 g/mol. The van der Waals surface area contributed by atoms with Crippen molar-refractivity contribution in [3.8, 4) is 0 Å². The van der Waals surface area contributed by atoms with Crippen LogP contribution in [0.5, 0.6) is 0 Å². The molecule has 41 N–H and O–H groups in total. The number of amides is 5. The maximum atomic E-state index is 9.45. The van der Waals surface area contributed by atoms with Gasteiger partial charge in [0.25, 0.3) is 0 Å². The number of hydrogen-bond donors (Lipinski definition) is 8. The molecule has 0 aromatic heterocycles. The lowest BCUT2D eigenvalue weighted by molar-refractivity contribution is -0.135. The van der Waals surface area contributed by atoms with E-state index in [1.54, 1.807) is 0 Å². The third kappa shape index (κ3) is 220000.